The van der Waals surface area contributed by atoms with Gasteiger partial charge in [0.05, 0.1) is 5.02 Å². The molecule has 1 fully saturated rings. The molecule has 0 aliphatic heterocycles. The van der Waals surface area contributed by atoms with Gasteiger partial charge in [-0.1, -0.05) is 11.6 Å². The van der Waals surface area contributed by atoms with Gasteiger partial charge in [-0.05, 0) is 50.1 Å². The van der Waals surface area contributed by atoms with Gasteiger partial charge in [0, 0.05) is 34.7 Å². The number of ether oxygens (including phenoxy) is 1. The third-order valence-corrected chi connectivity index (χ3v) is 4.86. The fourth-order valence-corrected chi connectivity index (χ4v) is 3.22. The molecule has 1 N–H and O–H groups in total. The van der Waals surface area contributed by atoms with Gasteiger partial charge in [0.15, 0.2) is 6.10 Å². The summed E-state index contributed by atoms with van der Waals surface area (Å²) in [7, 11) is 0. The number of halogens is 2. The van der Waals surface area contributed by atoms with Gasteiger partial charge in [0.2, 0.25) is 0 Å². The van der Waals surface area contributed by atoms with Crippen LogP contribution in [-0.4, -0.2) is 18.1 Å². The van der Waals surface area contributed by atoms with Crippen molar-refractivity contribution in [2.45, 2.75) is 31.9 Å². The molecule has 2 aromatic carbocycles. The van der Waals surface area contributed by atoms with Crippen LogP contribution in [0.5, 0.6) is 5.75 Å². The van der Waals surface area contributed by atoms with Gasteiger partial charge in [-0.2, -0.15) is 0 Å². The van der Waals surface area contributed by atoms with Crippen LogP contribution in [0.25, 0.3) is 22.1 Å². The third-order valence-electron chi connectivity index (χ3n) is 4.54. The highest BCUT2D eigenvalue weighted by molar-refractivity contribution is 6.33. The number of amides is 1. The van der Waals surface area contributed by atoms with Gasteiger partial charge in [-0.3, -0.25) is 4.79 Å². The highest BCUT2D eigenvalue weighted by Crippen LogP contribution is 2.34. The molecule has 7 heteroatoms. The lowest BCUT2D eigenvalue weighted by molar-refractivity contribution is -0.127. The minimum atomic E-state index is -0.681. The molecule has 1 aliphatic carbocycles. The first-order valence-electron chi connectivity index (χ1n) is 8.91. The number of hydrogen-bond donors (Lipinski definition) is 1. The van der Waals surface area contributed by atoms with E-state index in [4.69, 9.17) is 20.8 Å². The van der Waals surface area contributed by atoms with Crippen LogP contribution in [-0.2, 0) is 4.79 Å². The quantitative estimate of drug-likeness (QED) is 0.647. The maximum atomic E-state index is 13.4. The topological polar surface area (TPSA) is 68.5 Å². The van der Waals surface area contributed by atoms with Gasteiger partial charge < -0.3 is 14.5 Å². The summed E-state index contributed by atoms with van der Waals surface area (Å²) in [5, 5.41) is 3.69. The predicted molar refractivity (Wildman–Crippen MR) is 104 cm³/mol. The molecular weight excluding hydrogens is 385 g/mol. The van der Waals surface area contributed by atoms with E-state index in [0.717, 1.165) is 12.8 Å². The van der Waals surface area contributed by atoms with Crippen molar-refractivity contribution < 1.29 is 18.3 Å². The normalized spacial score (nSPS) is 14.7. The Bertz CT molecular complexity index is 1120. The first-order valence-corrected chi connectivity index (χ1v) is 9.29. The first kappa shape index (κ1) is 18.5. The molecule has 1 aromatic heterocycles. The highest BCUT2D eigenvalue weighted by Gasteiger charge is 2.26. The van der Waals surface area contributed by atoms with Crippen molar-refractivity contribution in [2.24, 2.45) is 0 Å². The molecule has 1 heterocycles. The Kier molecular flexibility index (Phi) is 4.81. The van der Waals surface area contributed by atoms with E-state index in [1.807, 2.05) is 0 Å². The third kappa shape index (κ3) is 3.87. The number of hydrogen-bond acceptors (Lipinski definition) is 4. The SMILES string of the molecule is CC(Oc1ccc2c(-c3ccc(F)cc3Cl)cc(=O)oc2c1)C(=O)NC1CC1. The predicted octanol–water partition coefficient (Wildman–Crippen LogP) is 4.30. The standard InChI is InChI=1S/C21H17ClFNO4/c1-11(21(26)24-13-3-4-13)27-14-5-7-16-17(10-20(25)28-19(16)9-14)15-6-2-12(23)8-18(15)22/h2,5-11,13H,3-4H2,1H3,(H,24,26). The van der Waals surface area contributed by atoms with Crippen LogP contribution in [0.4, 0.5) is 4.39 Å². The summed E-state index contributed by atoms with van der Waals surface area (Å²) in [6.45, 7) is 1.66. The van der Waals surface area contributed by atoms with Crippen molar-refractivity contribution in [1.29, 1.82) is 0 Å². The Morgan fingerprint density at radius 1 is 1.21 bits per heavy atom. The maximum absolute atomic E-state index is 13.4. The number of nitrogens with one attached hydrogen (secondary N) is 1. The van der Waals surface area contributed by atoms with E-state index in [2.05, 4.69) is 5.32 Å². The summed E-state index contributed by atoms with van der Waals surface area (Å²) >= 11 is 6.16. The number of rotatable bonds is 5. The molecule has 0 bridgehead atoms. The van der Waals surface area contributed by atoms with Crippen LogP contribution in [0, 0.1) is 5.82 Å². The fourth-order valence-electron chi connectivity index (χ4n) is 2.95. The van der Waals surface area contributed by atoms with Crippen molar-refractivity contribution in [3.05, 3.63) is 63.7 Å². The lowest BCUT2D eigenvalue weighted by Gasteiger charge is -2.15. The van der Waals surface area contributed by atoms with E-state index >= 15 is 0 Å². The Hall–Kier alpha value is -2.86. The Labute approximate surface area is 165 Å². The Morgan fingerprint density at radius 2 is 2.00 bits per heavy atom. The molecule has 1 amide bonds. The minimum Gasteiger partial charge on any atom is -0.481 e. The van der Waals surface area contributed by atoms with Gasteiger partial charge in [-0.25, -0.2) is 9.18 Å². The molecule has 1 unspecified atom stereocenters. The number of carbonyl (C=O) groups excluding carboxylic acids is 1. The molecule has 144 valence electrons. The highest BCUT2D eigenvalue weighted by atomic mass is 35.5. The van der Waals surface area contributed by atoms with Crippen molar-refractivity contribution in [2.75, 3.05) is 0 Å². The molecule has 0 spiro atoms. The lowest BCUT2D eigenvalue weighted by atomic mass is 10.0. The summed E-state index contributed by atoms with van der Waals surface area (Å²) in [5.41, 5.74) is 0.767. The fraction of sp³-hybridized carbons (Fsp3) is 0.238. The average molecular weight is 402 g/mol. The second-order valence-electron chi connectivity index (χ2n) is 6.80. The van der Waals surface area contributed by atoms with E-state index in [1.54, 1.807) is 25.1 Å². The summed E-state index contributed by atoms with van der Waals surface area (Å²) in [5.74, 6) is -0.248. The summed E-state index contributed by atoms with van der Waals surface area (Å²) in [6.07, 6.45) is 1.31. The molecule has 3 aromatic rings. The van der Waals surface area contributed by atoms with E-state index in [-0.39, 0.29) is 22.6 Å². The van der Waals surface area contributed by atoms with E-state index in [0.29, 0.717) is 22.3 Å². The average Bonchev–Trinajstić information content (AvgIpc) is 3.44. The van der Waals surface area contributed by atoms with E-state index in [1.165, 1.54) is 24.3 Å². The zero-order valence-corrected chi connectivity index (χ0v) is 15.8. The molecule has 0 radical (unpaired) electrons. The van der Waals surface area contributed by atoms with Gasteiger partial charge in [0.25, 0.3) is 5.91 Å². The largest absolute Gasteiger partial charge is 0.481 e. The Morgan fingerprint density at radius 3 is 2.71 bits per heavy atom. The molecule has 1 atom stereocenters. The number of carbonyl (C=O) groups is 1. The molecule has 28 heavy (non-hydrogen) atoms. The molecule has 5 nitrogen and oxygen atoms in total. The lowest BCUT2D eigenvalue weighted by Crippen LogP contribution is -2.37. The minimum absolute atomic E-state index is 0.184. The van der Waals surface area contributed by atoms with E-state index < -0.39 is 17.5 Å². The summed E-state index contributed by atoms with van der Waals surface area (Å²) < 4.78 is 24.3. The van der Waals surface area contributed by atoms with E-state index in [9.17, 15) is 14.0 Å². The molecule has 1 aliphatic rings. The van der Waals surface area contributed by atoms with Crippen LogP contribution >= 0.6 is 11.6 Å². The molecule has 4 rings (SSSR count). The Balaban J connectivity index is 1.68. The summed E-state index contributed by atoms with van der Waals surface area (Å²) in [4.78, 5) is 24.1. The molecule has 0 saturated heterocycles. The smallest absolute Gasteiger partial charge is 0.336 e. The molecular formula is C21H17ClFNO4. The van der Waals surface area contributed by atoms with Crippen molar-refractivity contribution >= 4 is 28.5 Å². The van der Waals surface area contributed by atoms with Gasteiger partial charge in [0.1, 0.15) is 17.1 Å². The van der Waals surface area contributed by atoms with Crippen molar-refractivity contribution in [1.82, 2.24) is 5.32 Å². The van der Waals surface area contributed by atoms with Crippen LogP contribution in [0.15, 0.2) is 51.7 Å². The van der Waals surface area contributed by atoms with Crippen molar-refractivity contribution in [3.8, 4) is 16.9 Å². The monoisotopic (exact) mass is 401 g/mol. The van der Waals surface area contributed by atoms with Crippen molar-refractivity contribution in [3.63, 3.8) is 0 Å². The molecule has 1 saturated carbocycles. The summed E-state index contributed by atoms with van der Waals surface area (Å²) in [6, 6.07) is 10.5. The zero-order valence-electron chi connectivity index (χ0n) is 15.0. The number of benzene rings is 2. The second kappa shape index (κ2) is 7.28. The van der Waals surface area contributed by atoms with Crippen LogP contribution in [0.2, 0.25) is 5.02 Å². The second-order valence-corrected chi connectivity index (χ2v) is 7.21. The number of fused-ring (bicyclic) bond motifs is 1. The zero-order chi connectivity index (χ0) is 19.8. The van der Waals surface area contributed by atoms with Gasteiger partial charge in [-0.15, -0.1) is 0 Å². The van der Waals surface area contributed by atoms with Gasteiger partial charge >= 0.3 is 5.63 Å². The maximum Gasteiger partial charge on any atom is 0.336 e. The first-order chi connectivity index (χ1) is 13.4. The van der Waals surface area contributed by atoms with Crippen LogP contribution in [0.3, 0.4) is 0 Å². The van der Waals surface area contributed by atoms with Crippen LogP contribution in [0.1, 0.15) is 19.8 Å². The van der Waals surface area contributed by atoms with Crippen LogP contribution < -0.4 is 15.7 Å².